The molecule has 0 amide bonds. The van der Waals surface area contributed by atoms with Crippen LogP contribution in [0.4, 0.5) is 5.82 Å². The summed E-state index contributed by atoms with van der Waals surface area (Å²) in [5.41, 5.74) is 4.22. The maximum Gasteiger partial charge on any atom is 0.232 e. The first kappa shape index (κ1) is 18.8. The third kappa shape index (κ3) is 3.56. The van der Waals surface area contributed by atoms with Crippen molar-refractivity contribution in [2.24, 2.45) is 0 Å². The van der Waals surface area contributed by atoms with E-state index in [-0.39, 0.29) is 12.7 Å². The molecule has 0 spiro atoms. The van der Waals surface area contributed by atoms with Crippen LogP contribution >= 0.6 is 0 Å². The molecule has 0 radical (unpaired) electrons. The van der Waals surface area contributed by atoms with E-state index in [9.17, 15) is 5.11 Å². The molecular formula is C24H23N3O3. The van der Waals surface area contributed by atoms with E-state index >= 15 is 0 Å². The van der Waals surface area contributed by atoms with Crippen molar-refractivity contribution >= 4 is 16.9 Å². The van der Waals surface area contributed by atoms with Gasteiger partial charge in [-0.3, -0.25) is 0 Å². The molecule has 0 bridgehead atoms. The Morgan fingerprint density at radius 2 is 1.90 bits per heavy atom. The van der Waals surface area contributed by atoms with Crippen molar-refractivity contribution in [1.82, 2.24) is 9.97 Å². The molecule has 1 fully saturated rings. The minimum absolute atomic E-state index is 0.0251. The van der Waals surface area contributed by atoms with Crippen LogP contribution in [0.15, 0.2) is 65.3 Å². The standard InChI is InChI=1S/C24H23N3O3/c28-14-16-6-4-9-18(12-16)22-20(17-7-2-1-3-8-17)21-23(26-15-27-24(21)30-22)25-13-19-10-5-11-29-19/h1-4,6-9,12,15,19,28H,5,10-11,13-14H2,(H,25,26,27)/t19-/m0/s1. The van der Waals surface area contributed by atoms with Crippen molar-refractivity contribution in [2.75, 3.05) is 18.5 Å². The van der Waals surface area contributed by atoms with Crippen LogP contribution in [0.25, 0.3) is 33.6 Å². The SMILES string of the molecule is OCc1cccc(-c2oc3ncnc(NC[C@@H]4CCCO4)c3c2-c2ccccc2)c1. The van der Waals surface area contributed by atoms with Gasteiger partial charge >= 0.3 is 0 Å². The Bertz CT molecular complexity index is 1150. The van der Waals surface area contributed by atoms with Gasteiger partial charge in [-0.1, -0.05) is 48.5 Å². The lowest BCUT2D eigenvalue weighted by Crippen LogP contribution is -2.19. The third-order valence-corrected chi connectivity index (χ3v) is 5.44. The molecule has 0 saturated carbocycles. The fourth-order valence-electron chi connectivity index (χ4n) is 3.98. The van der Waals surface area contributed by atoms with E-state index in [4.69, 9.17) is 9.15 Å². The normalized spacial score (nSPS) is 16.2. The molecule has 6 heteroatoms. The Kier molecular flexibility index (Phi) is 5.17. The van der Waals surface area contributed by atoms with Crippen molar-refractivity contribution in [2.45, 2.75) is 25.6 Å². The average molecular weight is 401 g/mol. The van der Waals surface area contributed by atoms with Crippen molar-refractivity contribution < 1.29 is 14.3 Å². The number of ether oxygens (including phenoxy) is 1. The first-order chi connectivity index (χ1) is 14.8. The summed E-state index contributed by atoms with van der Waals surface area (Å²) < 4.78 is 12.0. The number of aliphatic hydroxyl groups is 1. The predicted octanol–water partition coefficient (Wildman–Crippen LogP) is 4.64. The van der Waals surface area contributed by atoms with Crippen molar-refractivity contribution in [3.05, 3.63) is 66.5 Å². The van der Waals surface area contributed by atoms with Gasteiger partial charge in [0, 0.05) is 24.3 Å². The number of benzene rings is 2. The Morgan fingerprint density at radius 3 is 2.70 bits per heavy atom. The van der Waals surface area contributed by atoms with Crippen LogP contribution in [0, 0.1) is 0 Å². The lowest BCUT2D eigenvalue weighted by Gasteiger charge is -2.12. The van der Waals surface area contributed by atoms with Crippen LogP contribution in [0.3, 0.4) is 0 Å². The first-order valence-electron chi connectivity index (χ1n) is 10.2. The van der Waals surface area contributed by atoms with Crippen molar-refractivity contribution in [3.8, 4) is 22.5 Å². The maximum absolute atomic E-state index is 9.58. The summed E-state index contributed by atoms with van der Waals surface area (Å²) in [7, 11) is 0. The summed E-state index contributed by atoms with van der Waals surface area (Å²) in [4.78, 5) is 8.92. The average Bonchev–Trinajstić information content (AvgIpc) is 3.46. The van der Waals surface area contributed by atoms with Crippen LogP contribution in [-0.4, -0.2) is 34.3 Å². The quantitative estimate of drug-likeness (QED) is 0.490. The number of aromatic nitrogens is 2. The molecule has 6 nitrogen and oxygen atoms in total. The molecule has 3 heterocycles. The molecule has 2 aromatic carbocycles. The lowest BCUT2D eigenvalue weighted by atomic mass is 9.98. The van der Waals surface area contributed by atoms with Crippen molar-refractivity contribution in [1.29, 1.82) is 0 Å². The Labute approximate surface area is 174 Å². The summed E-state index contributed by atoms with van der Waals surface area (Å²) in [6, 6.07) is 17.9. The molecule has 1 saturated heterocycles. The van der Waals surface area contributed by atoms with Crippen LogP contribution < -0.4 is 5.32 Å². The fraction of sp³-hybridized carbons (Fsp3) is 0.250. The lowest BCUT2D eigenvalue weighted by molar-refractivity contribution is 0.120. The minimum Gasteiger partial charge on any atom is -0.437 e. The number of hydrogen-bond acceptors (Lipinski definition) is 6. The van der Waals surface area contributed by atoms with Gasteiger partial charge in [0.15, 0.2) is 0 Å². The summed E-state index contributed by atoms with van der Waals surface area (Å²) in [5, 5.41) is 13.9. The number of nitrogens with zero attached hydrogens (tertiary/aromatic N) is 2. The van der Waals surface area contributed by atoms with Crippen LogP contribution in [0.5, 0.6) is 0 Å². The van der Waals surface area contributed by atoms with Crippen LogP contribution in [0.1, 0.15) is 18.4 Å². The van der Waals surface area contributed by atoms with Gasteiger partial charge in [-0.05, 0) is 30.0 Å². The number of furan rings is 1. The van der Waals surface area contributed by atoms with E-state index in [0.717, 1.165) is 52.9 Å². The van der Waals surface area contributed by atoms with E-state index < -0.39 is 0 Å². The van der Waals surface area contributed by atoms with Crippen molar-refractivity contribution in [3.63, 3.8) is 0 Å². The number of aliphatic hydroxyl groups excluding tert-OH is 1. The van der Waals surface area contributed by atoms with Gasteiger partial charge in [-0.15, -0.1) is 0 Å². The molecule has 4 aromatic rings. The van der Waals surface area contributed by atoms with E-state index in [0.29, 0.717) is 18.0 Å². The van der Waals surface area contributed by atoms with Gasteiger partial charge in [0.1, 0.15) is 17.9 Å². The summed E-state index contributed by atoms with van der Waals surface area (Å²) in [5.74, 6) is 1.45. The van der Waals surface area contributed by atoms with Gasteiger partial charge in [0.05, 0.1) is 18.1 Å². The van der Waals surface area contributed by atoms with Gasteiger partial charge in [-0.2, -0.15) is 0 Å². The Hall–Kier alpha value is -3.22. The molecule has 30 heavy (non-hydrogen) atoms. The molecule has 1 atom stereocenters. The second-order valence-corrected chi connectivity index (χ2v) is 7.45. The molecule has 0 aliphatic carbocycles. The molecule has 0 unspecified atom stereocenters. The maximum atomic E-state index is 9.58. The number of hydrogen-bond donors (Lipinski definition) is 2. The fourth-order valence-corrected chi connectivity index (χ4v) is 3.98. The highest BCUT2D eigenvalue weighted by atomic mass is 16.5. The Morgan fingerprint density at radius 1 is 1.03 bits per heavy atom. The van der Waals surface area contributed by atoms with Crippen LogP contribution in [0.2, 0.25) is 0 Å². The topological polar surface area (TPSA) is 80.4 Å². The van der Waals surface area contributed by atoms with E-state index in [1.165, 1.54) is 6.33 Å². The highest BCUT2D eigenvalue weighted by Gasteiger charge is 2.23. The summed E-state index contributed by atoms with van der Waals surface area (Å²) in [6.07, 6.45) is 3.87. The third-order valence-electron chi connectivity index (χ3n) is 5.44. The van der Waals surface area contributed by atoms with Crippen LogP contribution in [-0.2, 0) is 11.3 Å². The molecule has 5 rings (SSSR count). The van der Waals surface area contributed by atoms with E-state index in [2.05, 4.69) is 27.4 Å². The van der Waals surface area contributed by atoms with E-state index in [1.807, 2.05) is 42.5 Å². The highest BCUT2D eigenvalue weighted by Crippen LogP contribution is 2.42. The number of anilines is 1. The number of rotatable bonds is 6. The monoisotopic (exact) mass is 401 g/mol. The Balaban J connectivity index is 1.67. The van der Waals surface area contributed by atoms with Gasteiger partial charge < -0.3 is 19.6 Å². The zero-order valence-electron chi connectivity index (χ0n) is 16.5. The summed E-state index contributed by atoms with van der Waals surface area (Å²) >= 11 is 0. The second-order valence-electron chi connectivity index (χ2n) is 7.45. The van der Waals surface area contributed by atoms with Gasteiger partial charge in [-0.25, -0.2) is 9.97 Å². The highest BCUT2D eigenvalue weighted by molar-refractivity contribution is 6.05. The minimum atomic E-state index is -0.0251. The van der Waals surface area contributed by atoms with E-state index in [1.54, 1.807) is 0 Å². The second kappa shape index (κ2) is 8.26. The largest absolute Gasteiger partial charge is 0.437 e. The summed E-state index contributed by atoms with van der Waals surface area (Å²) in [6.45, 7) is 1.49. The van der Waals surface area contributed by atoms with Gasteiger partial charge in [0.2, 0.25) is 5.71 Å². The zero-order chi connectivity index (χ0) is 20.3. The molecule has 1 aliphatic rings. The van der Waals surface area contributed by atoms with Gasteiger partial charge in [0.25, 0.3) is 0 Å². The molecule has 2 aromatic heterocycles. The number of fused-ring (bicyclic) bond motifs is 1. The number of nitrogens with one attached hydrogen (secondary N) is 1. The molecular weight excluding hydrogens is 378 g/mol. The molecule has 1 aliphatic heterocycles. The smallest absolute Gasteiger partial charge is 0.232 e. The molecule has 2 N–H and O–H groups in total. The first-order valence-corrected chi connectivity index (χ1v) is 10.2. The predicted molar refractivity (Wildman–Crippen MR) is 116 cm³/mol. The molecule has 152 valence electrons. The zero-order valence-corrected chi connectivity index (χ0v) is 16.5.